The molecule has 1 N–H and O–H groups in total. The number of carbonyl (C=O) groups is 1. The standard InChI is InChI=1S/C21H17BrFNO/c22-17-8-6-15(7-9-17)20(24-19-12-10-18(23)11-13-19)14-21(25)16-4-2-1-3-5-16/h1-13,20,24H,14H2. The minimum atomic E-state index is -0.286. The molecule has 1 atom stereocenters. The highest BCUT2D eigenvalue weighted by Gasteiger charge is 2.17. The fraction of sp³-hybridized carbons (Fsp3) is 0.0952. The molecule has 3 aromatic carbocycles. The fourth-order valence-corrected chi connectivity index (χ4v) is 2.89. The van der Waals surface area contributed by atoms with Crippen molar-refractivity contribution in [3.63, 3.8) is 0 Å². The van der Waals surface area contributed by atoms with Gasteiger partial charge in [-0.1, -0.05) is 58.4 Å². The zero-order chi connectivity index (χ0) is 17.6. The Morgan fingerprint density at radius 3 is 2.20 bits per heavy atom. The van der Waals surface area contributed by atoms with Gasteiger partial charge in [-0.2, -0.15) is 0 Å². The third-order valence-corrected chi connectivity index (χ3v) is 4.47. The zero-order valence-electron chi connectivity index (χ0n) is 13.5. The first kappa shape index (κ1) is 17.4. The summed E-state index contributed by atoms with van der Waals surface area (Å²) in [6.45, 7) is 0. The minimum absolute atomic E-state index is 0.0585. The second-order valence-corrected chi connectivity index (χ2v) is 6.66. The van der Waals surface area contributed by atoms with E-state index in [0.29, 0.717) is 12.0 Å². The average Bonchev–Trinajstić information content (AvgIpc) is 2.64. The number of Topliss-reactive ketones (excluding diaryl/α,β-unsaturated/α-hetero) is 1. The number of ketones is 1. The van der Waals surface area contributed by atoms with Crippen LogP contribution in [0, 0.1) is 5.82 Å². The Morgan fingerprint density at radius 2 is 1.56 bits per heavy atom. The SMILES string of the molecule is O=C(CC(Nc1ccc(F)cc1)c1ccc(Br)cc1)c1ccccc1. The number of hydrogen-bond acceptors (Lipinski definition) is 2. The van der Waals surface area contributed by atoms with Crippen LogP contribution >= 0.6 is 15.9 Å². The average molecular weight is 398 g/mol. The number of benzene rings is 3. The summed E-state index contributed by atoms with van der Waals surface area (Å²) in [5.74, 6) is -0.228. The maximum atomic E-state index is 13.1. The monoisotopic (exact) mass is 397 g/mol. The molecule has 0 saturated carbocycles. The van der Waals surface area contributed by atoms with Crippen LogP contribution in [-0.4, -0.2) is 5.78 Å². The van der Waals surface area contributed by atoms with E-state index in [1.807, 2.05) is 54.6 Å². The minimum Gasteiger partial charge on any atom is -0.378 e. The van der Waals surface area contributed by atoms with Gasteiger partial charge in [0.05, 0.1) is 6.04 Å². The van der Waals surface area contributed by atoms with Crippen LogP contribution < -0.4 is 5.32 Å². The molecule has 0 fully saturated rings. The Bertz CT molecular complexity index is 832. The van der Waals surface area contributed by atoms with Crippen molar-refractivity contribution in [2.45, 2.75) is 12.5 Å². The van der Waals surface area contributed by atoms with Crippen molar-refractivity contribution in [3.8, 4) is 0 Å². The van der Waals surface area contributed by atoms with Crippen molar-refractivity contribution < 1.29 is 9.18 Å². The highest BCUT2D eigenvalue weighted by atomic mass is 79.9. The molecule has 0 aliphatic rings. The summed E-state index contributed by atoms with van der Waals surface area (Å²) < 4.78 is 14.1. The van der Waals surface area contributed by atoms with E-state index in [1.54, 1.807) is 12.1 Å². The first-order valence-electron chi connectivity index (χ1n) is 7.97. The van der Waals surface area contributed by atoms with Crippen molar-refractivity contribution in [1.82, 2.24) is 0 Å². The van der Waals surface area contributed by atoms with Gasteiger partial charge in [0.1, 0.15) is 5.82 Å². The summed E-state index contributed by atoms with van der Waals surface area (Å²) in [6, 6.07) is 23.0. The third kappa shape index (κ3) is 4.77. The van der Waals surface area contributed by atoms with Crippen LogP contribution in [0.5, 0.6) is 0 Å². The van der Waals surface area contributed by atoms with E-state index in [-0.39, 0.29) is 17.6 Å². The van der Waals surface area contributed by atoms with E-state index in [9.17, 15) is 9.18 Å². The Labute approximate surface area is 154 Å². The van der Waals surface area contributed by atoms with E-state index < -0.39 is 0 Å². The fourth-order valence-electron chi connectivity index (χ4n) is 2.62. The van der Waals surface area contributed by atoms with Gasteiger partial charge in [-0.05, 0) is 42.0 Å². The molecular formula is C21H17BrFNO. The Kier molecular flexibility index (Phi) is 5.61. The van der Waals surface area contributed by atoms with Crippen LogP contribution in [0.25, 0.3) is 0 Å². The maximum Gasteiger partial charge on any atom is 0.165 e. The Balaban J connectivity index is 1.84. The quantitative estimate of drug-likeness (QED) is 0.515. The van der Waals surface area contributed by atoms with E-state index >= 15 is 0 Å². The first-order chi connectivity index (χ1) is 12.1. The second-order valence-electron chi connectivity index (χ2n) is 5.75. The largest absolute Gasteiger partial charge is 0.378 e. The topological polar surface area (TPSA) is 29.1 Å². The van der Waals surface area contributed by atoms with Crippen LogP contribution in [-0.2, 0) is 0 Å². The molecule has 0 radical (unpaired) electrons. The molecule has 2 nitrogen and oxygen atoms in total. The lowest BCUT2D eigenvalue weighted by atomic mass is 9.97. The van der Waals surface area contributed by atoms with Crippen LogP contribution in [0.3, 0.4) is 0 Å². The molecular weight excluding hydrogens is 381 g/mol. The van der Waals surface area contributed by atoms with Gasteiger partial charge >= 0.3 is 0 Å². The Hall–Kier alpha value is -2.46. The lowest BCUT2D eigenvalue weighted by Gasteiger charge is -2.20. The summed E-state index contributed by atoms with van der Waals surface area (Å²) in [4.78, 5) is 12.6. The van der Waals surface area contributed by atoms with Crippen LogP contribution in [0.2, 0.25) is 0 Å². The molecule has 0 heterocycles. The van der Waals surface area contributed by atoms with Crippen molar-refractivity contribution in [2.24, 2.45) is 0 Å². The first-order valence-corrected chi connectivity index (χ1v) is 8.77. The summed E-state index contributed by atoms with van der Waals surface area (Å²) in [6.07, 6.45) is 0.309. The number of rotatable bonds is 6. The van der Waals surface area contributed by atoms with Gasteiger partial charge in [0.25, 0.3) is 0 Å². The van der Waals surface area contributed by atoms with Gasteiger partial charge < -0.3 is 5.32 Å². The van der Waals surface area contributed by atoms with Crippen LogP contribution in [0.4, 0.5) is 10.1 Å². The molecule has 4 heteroatoms. The summed E-state index contributed by atoms with van der Waals surface area (Å²) in [7, 11) is 0. The predicted molar refractivity (Wildman–Crippen MR) is 102 cm³/mol. The molecule has 126 valence electrons. The third-order valence-electron chi connectivity index (χ3n) is 3.94. The summed E-state index contributed by atoms with van der Waals surface area (Å²) in [5, 5.41) is 3.34. The zero-order valence-corrected chi connectivity index (χ0v) is 15.0. The highest BCUT2D eigenvalue weighted by molar-refractivity contribution is 9.10. The number of nitrogens with one attached hydrogen (secondary N) is 1. The molecule has 0 aliphatic carbocycles. The van der Waals surface area contributed by atoms with E-state index in [1.165, 1.54) is 12.1 Å². The second kappa shape index (κ2) is 8.08. The van der Waals surface area contributed by atoms with Gasteiger partial charge in [0.2, 0.25) is 0 Å². The van der Waals surface area contributed by atoms with Crippen molar-refractivity contribution in [3.05, 3.63) is 100 Å². The molecule has 25 heavy (non-hydrogen) atoms. The maximum absolute atomic E-state index is 13.1. The van der Waals surface area contributed by atoms with Gasteiger partial charge in [0.15, 0.2) is 5.78 Å². The van der Waals surface area contributed by atoms with Gasteiger partial charge in [-0.25, -0.2) is 4.39 Å². The van der Waals surface area contributed by atoms with Crippen molar-refractivity contribution >= 4 is 27.4 Å². The summed E-state index contributed by atoms with van der Waals surface area (Å²) >= 11 is 3.43. The molecule has 3 rings (SSSR count). The molecule has 0 aromatic heterocycles. The molecule has 0 spiro atoms. The van der Waals surface area contributed by atoms with E-state index in [4.69, 9.17) is 0 Å². The van der Waals surface area contributed by atoms with Gasteiger partial charge in [-0.3, -0.25) is 4.79 Å². The molecule has 0 bridgehead atoms. The van der Waals surface area contributed by atoms with E-state index in [2.05, 4.69) is 21.2 Å². The number of anilines is 1. The Morgan fingerprint density at radius 1 is 0.920 bits per heavy atom. The number of hydrogen-bond donors (Lipinski definition) is 1. The molecule has 0 amide bonds. The van der Waals surface area contributed by atoms with Gasteiger partial charge in [0, 0.05) is 22.1 Å². The normalized spacial score (nSPS) is 11.8. The molecule has 0 aliphatic heterocycles. The predicted octanol–water partition coefficient (Wildman–Crippen LogP) is 6.01. The number of carbonyl (C=O) groups excluding carboxylic acids is 1. The summed E-state index contributed by atoms with van der Waals surface area (Å²) in [5.41, 5.74) is 2.46. The molecule has 3 aromatic rings. The lowest BCUT2D eigenvalue weighted by molar-refractivity contribution is 0.0976. The van der Waals surface area contributed by atoms with Crippen molar-refractivity contribution in [2.75, 3.05) is 5.32 Å². The van der Waals surface area contributed by atoms with E-state index in [0.717, 1.165) is 15.7 Å². The number of halogens is 2. The highest BCUT2D eigenvalue weighted by Crippen LogP contribution is 2.26. The van der Waals surface area contributed by atoms with Crippen LogP contribution in [0.1, 0.15) is 28.4 Å². The van der Waals surface area contributed by atoms with Gasteiger partial charge in [-0.15, -0.1) is 0 Å². The lowest BCUT2D eigenvalue weighted by Crippen LogP contribution is -2.15. The molecule has 0 saturated heterocycles. The van der Waals surface area contributed by atoms with Crippen LogP contribution in [0.15, 0.2) is 83.3 Å². The molecule has 1 unspecified atom stereocenters. The van der Waals surface area contributed by atoms with Crippen molar-refractivity contribution in [1.29, 1.82) is 0 Å². The smallest absolute Gasteiger partial charge is 0.165 e.